The van der Waals surface area contributed by atoms with Gasteiger partial charge in [0.2, 0.25) is 0 Å². The summed E-state index contributed by atoms with van der Waals surface area (Å²) in [6, 6.07) is 7.67. The van der Waals surface area contributed by atoms with Gasteiger partial charge in [-0.15, -0.1) is 0 Å². The van der Waals surface area contributed by atoms with Crippen LogP contribution in [0.25, 0.3) is 11.0 Å². The Morgan fingerprint density at radius 3 is 2.58 bits per heavy atom. The highest BCUT2D eigenvalue weighted by Crippen LogP contribution is 2.34. The number of hydrogen-bond acceptors (Lipinski definition) is 8. The van der Waals surface area contributed by atoms with Crippen LogP contribution in [-0.4, -0.2) is 40.6 Å². The van der Waals surface area contributed by atoms with Gasteiger partial charge in [0, 0.05) is 25.5 Å². The third kappa shape index (κ3) is 5.02. The predicted octanol–water partition coefficient (Wildman–Crippen LogP) is 2.70. The Bertz CT molecular complexity index is 1390. The number of ether oxygens (including phenoxy) is 1. The van der Waals surface area contributed by atoms with Gasteiger partial charge in [-0.25, -0.2) is 18.0 Å². The Kier molecular flexibility index (Phi) is 7.10. The zero-order valence-electron chi connectivity index (χ0n) is 18.2. The molecular formula is C21H22ClN3O7S. The van der Waals surface area contributed by atoms with Crippen molar-refractivity contribution in [2.75, 3.05) is 21.2 Å². The van der Waals surface area contributed by atoms with Crippen molar-refractivity contribution in [3.8, 4) is 5.75 Å². The molecule has 3 rings (SSSR count). The normalized spacial score (nSPS) is 12.5. The van der Waals surface area contributed by atoms with E-state index in [0.717, 1.165) is 0 Å². The topological polar surface area (TPSA) is 141 Å². The summed E-state index contributed by atoms with van der Waals surface area (Å²) in [7, 11) is 0.283. The number of amides is 1. The largest absolute Gasteiger partial charge is 0.422 e. The number of carbonyl (C=O) groups is 1. The number of fused-ring (bicyclic) bond motifs is 1. The second kappa shape index (κ2) is 9.49. The van der Waals surface area contributed by atoms with Gasteiger partial charge in [-0.2, -0.15) is 0 Å². The van der Waals surface area contributed by atoms with Crippen LogP contribution in [-0.2, 0) is 14.9 Å². The number of halogens is 1. The molecule has 0 radical (unpaired) electrons. The predicted molar refractivity (Wildman–Crippen MR) is 122 cm³/mol. The van der Waals surface area contributed by atoms with Crippen LogP contribution in [0.5, 0.6) is 5.75 Å². The highest BCUT2D eigenvalue weighted by molar-refractivity contribution is 7.89. The zero-order valence-corrected chi connectivity index (χ0v) is 19.8. The molecule has 176 valence electrons. The van der Waals surface area contributed by atoms with Crippen LogP contribution in [0.4, 0.5) is 4.79 Å². The number of nitrogens with two attached hydrogens (primary N) is 1. The van der Waals surface area contributed by atoms with Crippen molar-refractivity contribution in [1.82, 2.24) is 9.79 Å². The Balaban J connectivity index is 2.09. The molecule has 0 spiro atoms. The number of hydrogen-bond donors (Lipinski definition) is 2. The van der Waals surface area contributed by atoms with Crippen LogP contribution in [0.3, 0.4) is 0 Å². The molecule has 1 amide bonds. The third-order valence-corrected chi connectivity index (χ3v) is 6.41. The lowest BCUT2D eigenvalue weighted by atomic mass is 9.95. The fraction of sp³-hybridized carbons (Fsp3) is 0.238. The Morgan fingerprint density at radius 2 is 1.94 bits per heavy atom. The van der Waals surface area contributed by atoms with E-state index in [2.05, 4.69) is 4.84 Å². The number of benzene rings is 2. The number of aryl methyl sites for hydroxylation is 1. The van der Waals surface area contributed by atoms with Crippen molar-refractivity contribution in [2.45, 2.75) is 17.9 Å². The Morgan fingerprint density at radius 1 is 1.24 bits per heavy atom. The molecule has 3 aromatic rings. The zero-order chi connectivity index (χ0) is 24.5. The second-order valence-electron chi connectivity index (χ2n) is 7.31. The fourth-order valence-electron chi connectivity index (χ4n) is 3.19. The number of nitrogens with one attached hydrogen (secondary N) is 1. The molecule has 1 atom stereocenters. The van der Waals surface area contributed by atoms with Crippen LogP contribution in [0.1, 0.15) is 22.7 Å². The van der Waals surface area contributed by atoms with Gasteiger partial charge in [0.1, 0.15) is 5.58 Å². The minimum atomic E-state index is -3.92. The fourth-order valence-corrected chi connectivity index (χ4v) is 4.26. The van der Waals surface area contributed by atoms with E-state index < -0.39 is 27.8 Å². The van der Waals surface area contributed by atoms with Crippen molar-refractivity contribution in [1.29, 1.82) is 0 Å². The Labute approximate surface area is 194 Å². The maximum Gasteiger partial charge on any atom is 0.414 e. The van der Waals surface area contributed by atoms with Gasteiger partial charge in [-0.1, -0.05) is 28.6 Å². The van der Waals surface area contributed by atoms with E-state index in [1.165, 1.54) is 56.4 Å². The van der Waals surface area contributed by atoms with Crippen LogP contribution in [0.15, 0.2) is 50.5 Å². The number of sulfonamides is 1. The molecule has 1 aromatic heterocycles. The van der Waals surface area contributed by atoms with Crippen molar-refractivity contribution in [3.05, 3.63) is 68.5 Å². The van der Waals surface area contributed by atoms with Gasteiger partial charge in [-0.05, 0) is 36.2 Å². The van der Waals surface area contributed by atoms with Gasteiger partial charge in [-0.3, -0.25) is 4.84 Å². The van der Waals surface area contributed by atoms with Crippen molar-refractivity contribution in [3.63, 3.8) is 0 Å². The van der Waals surface area contributed by atoms with Gasteiger partial charge in [0.15, 0.2) is 5.75 Å². The maximum atomic E-state index is 12.8. The molecule has 0 aliphatic carbocycles. The van der Waals surface area contributed by atoms with Crippen LogP contribution in [0.2, 0.25) is 5.02 Å². The first-order valence-electron chi connectivity index (χ1n) is 9.52. The summed E-state index contributed by atoms with van der Waals surface area (Å²) in [5.74, 6) is 0.0333. The Hall–Kier alpha value is -2.96. The van der Waals surface area contributed by atoms with E-state index in [1.54, 1.807) is 13.0 Å². The molecule has 0 aliphatic rings. The van der Waals surface area contributed by atoms with E-state index in [1.807, 2.05) is 4.89 Å². The average molecular weight is 496 g/mol. The number of nitrogens with zero attached hydrogens (tertiary/aromatic N) is 1. The number of carbonyl (C=O) groups excluding carboxylic acids is 1. The molecule has 0 saturated heterocycles. The van der Waals surface area contributed by atoms with Crippen LogP contribution >= 0.6 is 11.6 Å². The standard InChI is InChI=1S/C21H22ClN3O7S/c1-11-14-9-15(22)17(32-21(27)25(2)3)10-16(14)31-20(26)18(11)19(23)12-6-5-7-13(8-12)33(28,29)24-30-4/h5-10,19,24H,23H2,1-4H3. The average Bonchev–Trinajstić information content (AvgIpc) is 2.75. The lowest BCUT2D eigenvalue weighted by Gasteiger charge is -2.17. The lowest BCUT2D eigenvalue weighted by Crippen LogP contribution is -2.25. The molecule has 2 aromatic carbocycles. The van der Waals surface area contributed by atoms with E-state index in [-0.39, 0.29) is 26.8 Å². The highest BCUT2D eigenvalue weighted by atomic mass is 35.5. The number of rotatable bonds is 6. The van der Waals surface area contributed by atoms with Crippen molar-refractivity contribution >= 4 is 38.7 Å². The van der Waals surface area contributed by atoms with E-state index in [9.17, 15) is 18.0 Å². The van der Waals surface area contributed by atoms with Crippen molar-refractivity contribution < 1.29 is 27.2 Å². The monoisotopic (exact) mass is 495 g/mol. The van der Waals surface area contributed by atoms with Gasteiger partial charge >= 0.3 is 11.7 Å². The molecule has 3 N–H and O–H groups in total. The van der Waals surface area contributed by atoms with E-state index in [4.69, 9.17) is 26.5 Å². The summed E-state index contributed by atoms with van der Waals surface area (Å²) in [4.78, 5) is 32.3. The maximum absolute atomic E-state index is 12.8. The van der Waals surface area contributed by atoms with Gasteiger partial charge < -0.3 is 19.8 Å². The van der Waals surface area contributed by atoms with E-state index >= 15 is 0 Å². The third-order valence-electron chi connectivity index (χ3n) is 4.86. The molecular weight excluding hydrogens is 474 g/mol. The molecule has 12 heteroatoms. The summed E-state index contributed by atoms with van der Waals surface area (Å²) in [6.45, 7) is 1.67. The summed E-state index contributed by atoms with van der Waals surface area (Å²) in [5, 5.41) is 0.618. The van der Waals surface area contributed by atoms with Crippen molar-refractivity contribution in [2.24, 2.45) is 5.73 Å². The van der Waals surface area contributed by atoms with Crippen LogP contribution < -0.4 is 21.0 Å². The first kappa shape index (κ1) is 24.7. The molecule has 0 saturated carbocycles. The second-order valence-corrected chi connectivity index (χ2v) is 9.36. The van der Waals surface area contributed by atoms with Gasteiger partial charge in [0.25, 0.3) is 10.0 Å². The summed E-state index contributed by atoms with van der Waals surface area (Å²) in [5.41, 5.74) is 6.77. The smallest absolute Gasteiger partial charge is 0.414 e. The summed E-state index contributed by atoms with van der Waals surface area (Å²) >= 11 is 6.28. The first-order valence-corrected chi connectivity index (χ1v) is 11.4. The highest BCUT2D eigenvalue weighted by Gasteiger charge is 2.23. The molecule has 33 heavy (non-hydrogen) atoms. The lowest BCUT2D eigenvalue weighted by molar-refractivity contribution is 0.153. The van der Waals surface area contributed by atoms with E-state index in [0.29, 0.717) is 16.5 Å². The van der Waals surface area contributed by atoms with Crippen LogP contribution in [0, 0.1) is 6.92 Å². The molecule has 0 fully saturated rings. The minimum absolute atomic E-state index is 0.0333. The summed E-state index contributed by atoms with van der Waals surface area (Å²) in [6.07, 6.45) is -0.647. The molecule has 10 nitrogen and oxygen atoms in total. The summed E-state index contributed by atoms with van der Waals surface area (Å²) < 4.78 is 35.1. The minimum Gasteiger partial charge on any atom is -0.422 e. The molecule has 1 heterocycles. The first-order chi connectivity index (χ1) is 15.5. The molecule has 0 bridgehead atoms. The molecule has 1 unspecified atom stereocenters. The molecule has 0 aliphatic heterocycles. The quantitative estimate of drug-likeness (QED) is 0.392. The van der Waals surface area contributed by atoms with Gasteiger partial charge in [0.05, 0.1) is 28.6 Å². The SMILES string of the molecule is CONS(=O)(=O)c1cccc(C(N)c2c(C)c3cc(Cl)c(OC(=O)N(C)C)cc3oc2=O)c1.